The Morgan fingerprint density at radius 3 is 2.23 bits per heavy atom. The van der Waals surface area contributed by atoms with E-state index in [1.165, 1.54) is 28.3 Å². The molecule has 1 N–H and O–H groups in total. The number of sulfonamides is 1. The van der Waals surface area contributed by atoms with Crippen LogP contribution in [0.3, 0.4) is 0 Å². The lowest BCUT2D eigenvalue weighted by Crippen LogP contribution is -2.33. The summed E-state index contributed by atoms with van der Waals surface area (Å²) in [7, 11) is 0.467. The Morgan fingerprint density at radius 1 is 1.06 bits per heavy atom. The molecule has 3 rings (SSSR count). The number of para-hydroxylation sites is 1. The maximum absolute atomic E-state index is 13.5. The third-order valence-corrected chi connectivity index (χ3v) is 7.26. The SMILES string of the molecule is CCCCc1nnc(NS(=O)(=O)C(C)C(OC)c2ncc(C)cn2)n1-c1c(OC)cccc1OC. The summed E-state index contributed by atoms with van der Waals surface area (Å²) in [5, 5.41) is 7.41. The highest BCUT2D eigenvalue weighted by molar-refractivity contribution is 7.93. The molecule has 3 aromatic rings. The van der Waals surface area contributed by atoms with Crippen LogP contribution in [0.25, 0.3) is 5.69 Å². The van der Waals surface area contributed by atoms with Crippen LogP contribution in [0.1, 0.15) is 50.0 Å². The molecule has 0 fully saturated rings. The lowest BCUT2D eigenvalue weighted by atomic mass is 10.2. The van der Waals surface area contributed by atoms with E-state index in [2.05, 4.69) is 31.8 Å². The van der Waals surface area contributed by atoms with Gasteiger partial charge in [-0.2, -0.15) is 0 Å². The highest BCUT2D eigenvalue weighted by Crippen LogP contribution is 2.36. The molecular formula is C23H32N6O5S. The van der Waals surface area contributed by atoms with Crippen LogP contribution < -0.4 is 14.2 Å². The van der Waals surface area contributed by atoms with Crippen molar-refractivity contribution in [2.24, 2.45) is 0 Å². The summed E-state index contributed by atoms with van der Waals surface area (Å²) in [5.41, 5.74) is 1.36. The number of benzene rings is 1. The van der Waals surface area contributed by atoms with Crippen molar-refractivity contribution in [2.75, 3.05) is 26.1 Å². The fraction of sp³-hybridized carbons (Fsp3) is 0.478. The van der Waals surface area contributed by atoms with Gasteiger partial charge in [-0.05, 0) is 38.0 Å². The number of methoxy groups -OCH3 is 3. The van der Waals surface area contributed by atoms with Gasteiger partial charge >= 0.3 is 0 Å². The van der Waals surface area contributed by atoms with Gasteiger partial charge in [0.15, 0.2) is 5.82 Å². The van der Waals surface area contributed by atoms with Crippen LogP contribution in [0.15, 0.2) is 30.6 Å². The summed E-state index contributed by atoms with van der Waals surface area (Å²) in [6.07, 6.45) is 4.69. The van der Waals surface area contributed by atoms with Crippen molar-refractivity contribution in [3.63, 3.8) is 0 Å². The summed E-state index contributed by atoms with van der Waals surface area (Å²) in [6, 6.07) is 5.31. The van der Waals surface area contributed by atoms with Gasteiger partial charge in [0.25, 0.3) is 0 Å². The van der Waals surface area contributed by atoms with Crippen molar-refractivity contribution in [3.8, 4) is 17.2 Å². The molecule has 35 heavy (non-hydrogen) atoms. The van der Waals surface area contributed by atoms with Crippen LogP contribution in [-0.2, 0) is 21.2 Å². The van der Waals surface area contributed by atoms with Gasteiger partial charge in [-0.15, -0.1) is 10.2 Å². The van der Waals surface area contributed by atoms with E-state index < -0.39 is 21.4 Å². The molecule has 190 valence electrons. The third-order valence-electron chi connectivity index (χ3n) is 5.57. The molecule has 0 radical (unpaired) electrons. The molecule has 2 atom stereocenters. The first kappa shape index (κ1) is 26.4. The Kier molecular flexibility index (Phi) is 8.62. The Hall–Kier alpha value is -3.25. The molecule has 0 amide bonds. The van der Waals surface area contributed by atoms with Crippen LogP contribution in [0.2, 0.25) is 0 Å². The Balaban J connectivity index is 2.06. The lowest BCUT2D eigenvalue weighted by Gasteiger charge is -2.23. The fourth-order valence-corrected chi connectivity index (χ4v) is 4.74. The van der Waals surface area contributed by atoms with Gasteiger partial charge in [-0.1, -0.05) is 19.4 Å². The molecular weight excluding hydrogens is 472 g/mol. The number of hydrogen-bond acceptors (Lipinski definition) is 9. The van der Waals surface area contributed by atoms with Crippen molar-refractivity contribution in [2.45, 2.75) is 51.4 Å². The number of aryl methyl sites for hydroxylation is 2. The number of aromatic nitrogens is 5. The van der Waals surface area contributed by atoms with Crippen molar-refractivity contribution in [3.05, 3.63) is 47.8 Å². The van der Waals surface area contributed by atoms with Gasteiger partial charge in [0.2, 0.25) is 16.0 Å². The summed E-state index contributed by atoms with van der Waals surface area (Å²) >= 11 is 0. The Morgan fingerprint density at radius 2 is 1.69 bits per heavy atom. The second kappa shape index (κ2) is 11.5. The first-order valence-corrected chi connectivity index (χ1v) is 12.8. The number of nitrogens with zero attached hydrogens (tertiary/aromatic N) is 5. The van der Waals surface area contributed by atoms with E-state index in [0.717, 1.165) is 18.4 Å². The second-order valence-electron chi connectivity index (χ2n) is 8.02. The topological polar surface area (TPSA) is 130 Å². The van der Waals surface area contributed by atoms with Crippen molar-refractivity contribution in [1.29, 1.82) is 0 Å². The summed E-state index contributed by atoms with van der Waals surface area (Å²) in [6.45, 7) is 5.44. The highest BCUT2D eigenvalue weighted by atomic mass is 32.2. The number of hydrogen-bond donors (Lipinski definition) is 1. The number of ether oxygens (including phenoxy) is 3. The van der Waals surface area contributed by atoms with Gasteiger partial charge < -0.3 is 14.2 Å². The number of rotatable bonds is 12. The predicted octanol–water partition coefficient (Wildman–Crippen LogP) is 3.24. The standard InChI is InChI=1S/C23H32N6O5S/c1-7-8-12-19-26-27-23(29(19)20-17(32-4)10-9-11-18(20)33-5)28-35(30,31)16(3)21(34-6)22-24-13-15(2)14-25-22/h9-11,13-14,16,21H,7-8,12H2,1-6H3,(H,27,28). The van der Waals surface area contributed by atoms with E-state index in [-0.39, 0.29) is 11.8 Å². The molecule has 1 aromatic carbocycles. The maximum Gasteiger partial charge on any atom is 0.243 e. The van der Waals surface area contributed by atoms with Crippen molar-refractivity contribution < 1.29 is 22.6 Å². The van der Waals surface area contributed by atoms with Crippen LogP contribution in [0.5, 0.6) is 11.5 Å². The second-order valence-corrected chi connectivity index (χ2v) is 10.1. The first-order valence-electron chi connectivity index (χ1n) is 11.3. The minimum absolute atomic E-state index is 0.0189. The van der Waals surface area contributed by atoms with Crippen LogP contribution in [0.4, 0.5) is 5.95 Å². The molecule has 0 aliphatic heterocycles. The van der Waals surface area contributed by atoms with Gasteiger partial charge in [-0.3, -0.25) is 9.29 Å². The highest BCUT2D eigenvalue weighted by Gasteiger charge is 2.34. The molecule has 0 saturated heterocycles. The van der Waals surface area contributed by atoms with Crippen LogP contribution in [0, 0.1) is 6.92 Å². The molecule has 2 unspecified atom stereocenters. The number of anilines is 1. The minimum Gasteiger partial charge on any atom is -0.494 e. The molecule has 2 heterocycles. The number of unbranched alkanes of at least 4 members (excludes halogenated alkanes) is 1. The normalized spacial score (nSPS) is 13.3. The molecule has 0 spiro atoms. The van der Waals surface area contributed by atoms with Crippen molar-refractivity contribution in [1.82, 2.24) is 24.7 Å². The van der Waals surface area contributed by atoms with E-state index in [1.54, 1.807) is 35.2 Å². The summed E-state index contributed by atoms with van der Waals surface area (Å²) in [5.74, 6) is 1.83. The quantitative estimate of drug-likeness (QED) is 0.395. The third kappa shape index (κ3) is 5.70. The zero-order valence-electron chi connectivity index (χ0n) is 20.8. The first-order chi connectivity index (χ1) is 16.8. The molecule has 2 aromatic heterocycles. The zero-order chi connectivity index (χ0) is 25.6. The Labute approximate surface area is 205 Å². The van der Waals surface area contributed by atoms with Gasteiger partial charge in [0.05, 0.1) is 14.2 Å². The van der Waals surface area contributed by atoms with Crippen molar-refractivity contribution >= 4 is 16.0 Å². The average Bonchev–Trinajstić information content (AvgIpc) is 3.24. The van der Waals surface area contributed by atoms with Crippen LogP contribution >= 0.6 is 0 Å². The average molecular weight is 505 g/mol. The van der Waals surface area contributed by atoms with Gasteiger partial charge in [-0.25, -0.2) is 18.4 Å². The van der Waals surface area contributed by atoms with E-state index in [9.17, 15) is 8.42 Å². The largest absolute Gasteiger partial charge is 0.494 e. The summed E-state index contributed by atoms with van der Waals surface area (Å²) in [4.78, 5) is 8.49. The molecule has 11 nitrogen and oxygen atoms in total. The summed E-state index contributed by atoms with van der Waals surface area (Å²) < 4.78 is 47.7. The number of nitrogens with one attached hydrogen (secondary N) is 1. The zero-order valence-corrected chi connectivity index (χ0v) is 21.7. The monoisotopic (exact) mass is 504 g/mol. The molecule has 0 aliphatic carbocycles. The Bertz CT molecular complexity index is 1210. The van der Waals surface area contributed by atoms with E-state index in [1.807, 2.05) is 6.92 Å². The minimum atomic E-state index is -4.02. The van der Waals surface area contributed by atoms with E-state index in [0.29, 0.717) is 29.4 Å². The molecule has 0 bridgehead atoms. The van der Waals surface area contributed by atoms with Gasteiger partial charge in [0, 0.05) is 25.9 Å². The molecule has 12 heteroatoms. The maximum atomic E-state index is 13.5. The predicted molar refractivity (Wildman–Crippen MR) is 132 cm³/mol. The molecule has 0 saturated carbocycles. The lowest BCUT2D eigenvalue weighted by molar-refractivity contribution is 0.0949. The van der Waals surface area contributed by atoms with Crippen LogP contribution in [-0.4, -0.2) is 59.7 Å². The van der Waals surface area contributed by atoms with E-state index in [4.69, 9.17) is 14.2 Å². The van der Waals surface area contributed by atoms with E-state index >= 15 is 0 Å². The van der Waals surface area contributed by atoms with Gasteiger partial charge in [0.1, 0.15) is 34.4 Å². The fourth-order valence-electron chi connectivity index (χ4n) is 3.61. The smallest absolute Gasteiger partial charge is 0.243 e. The molecule has 0 aliphatic rings.